The van der Waals surface area contributed by atoms with E-state index in [0.29, 0.717) is 13.2 Å². The number of hydrogen-bond acceptors (Lipinski definition) is 4. The lowest BCUT2D eigenvalue weighted by Crippen LogP contribution is -2.43. The second kappa shape index (κ2) is 8.15. The Morgan fingerprint density at radius 3 is 2.77 bits per heavy atom. The summed E-state index contributed by atoms with van der Waals surface area (Å²) < 4.78 is 5.56. The van der Waals surface area contributed by atoms with Gasteiger partial charge in [0.25, 0.3) is 5.91 Å². The van der Waals surface area contributed by atoms with Gasteiger partial charge >= 0.3 is 0 Å². The molecule has 0 spiro atoms. The maximum Gasteiger partial charge on any atom is 0.253 e. The number of carbonyl (C=O) groups is 1. The van der Waals surface area contributed by atoms with E-state index in [1.54, 1.807) is 0 Å². The van der Waals surface area contributed by atoms with Crippen LogP contribution in [0.1, 0.15) is 30.1 Å². The van der Waals surface area contributed by atoms with Crippen LogP contribution in [0.4, 0.5) is 5.69 Å². The van der Waals surface area contributed by atoms with Gasteiger partial charge in [0.05, 0.1) is 19.3 Å². The van der Waals surface area contributed by atoms with Gasteiger partial charge < -0.3 is 19.6 Å². The zero-order chi connectivity index (χ0) is 15.9. The van der Waals surface area contributed by atoms with Gasteiger partial charge in [0.15, 0.2) is 0 Å². The number of amides is 1. The van der Waals surface area contributed by atoms with Gasteiger partial charge in [-0.1, -0.05) is 0 Å². The number of rotatable bonds is 6. The minimum absolute atomic E-state index is 0.0247. The number of piperidine rings is 1. The Morgan fingerprint density at radius 1 is 1.41 bits per heavy atom. The van der Waals surface area contributed by atoms with E-state index >= 15 is 0 Å². The minimum Gasteiger partial charge on any atom is -0.394 e. The number of likely N-dealkylation sites (tertiary alicyclic amines) is 1. The summed E-state index contributed by atoms with van der Waals surface area (Å²) in [5, 5.41) is 8.83. The minimum atomic E-state index is 0.0247. The molecule has 0 unspecified atom stereocenters. The van der Waals surface area contributed by atoms with Crippen molar-refractivity contribution >= 4 is 11.6 Å². The number of ether oxygens (including phenoxy) is 1. The summed E-state index contributed by atoms with van der Waals surface area (Å²) in [5.41, 5.74) is 1.83. The molecule has 0 aromatic heterocycles. The normalized spacial score (nSPS) is 18.3. The van der Waals surface area contributed by atoms with Crippen LogP contribution in [-0.2, 0) is 4.74 Å². The number of carbonyl (C=O) groups excluding carboxylic acids is 1. The van der Waals surface area contributed by atoms with Crippen LogP contribution in [-0.4, -0.2) is 61.9 Å². The van der Waals surface area contributed by atoms with Gasteiger partial charge in [-0.15, -0.1) is 0 Å². The van der Waals surface area contributed by atoms with E-state index in [2.05, 4.69) is 11.8 Å². The molecule has 122 valence electrons. The van der Waals surface area contributed by atoms with E-state index in [9.17, 15) is 4.79 Å². The van der Waals surface area contributed by atoms with Crippen molar-refractivity contribution in [1.82, 2.24) is 4.90 Å². The molecule has 0 saturated carbocycles. The second-order valence-corrected chi connectivity index (χ2v) is 5.67. The van der Waals surface area contributed by atoms with Gasteiger partial charge in [-0.25, -0.2) is 0 Å². The van der Waals surface area contributed by atoms with E-state index in [0.717, 1.165) is 37.2 Å². The largest absolute Gasteiger partial charge is 0.394 e. The monoisotopic (exact) mass is 306 g/mol. The molecule has 0 aliphatic carbocycles. The molecule has 1 heterocycles. The van der Waals surface area contributed by atoms with Gasteiger partial charge in [-0.2, -0.15) is 0 Å². The predicted octanol–water partition coefficient (Wildman–Crippen LogP) is 1.76. The van der Waals surface area contributed by atoms with Crippen LogP contribution >= 0.6 is 0 Å². The molecule has 0 radical (unpaired) electrons. The predicted molar refractivity (Wildman–Crippen MR) is 87.3 cm³/mol. The van der Waals surface area contributed by atoms with Gasteiger partial charge in [0.2, 0.25) is 0 Å². The third-order valence-electron chi connectivity index (χ3n) is 4.14. The number of nitrogens with zero attached hydrogens (tertiary/aromatic N) is 2. The number of benzene rings is 1. The topological polar surface area (TPSA) is 53.0 Å². The molecule has 22 heavy (non-hydrogen) atoms. The molecule has 2 rings (SSSR count). The molecule has 1 aromatic carbocycles. The summed E-state index contributed by atoms with van der Waals surface area (Å²) in [6.07, 6.45) is 1.93. The highest BCUT2D eigenvalue weighted by molar-refractivity contribution is 5.94. The Morgan fingerprint density at radius 2 is 2.14 bits per heavy atom. The fourth-order valence-electron chi connectivity index (χ4n) is 2.70. The van der Waals surface area contributed by atoms with Crippen LogP contribution in [0, 0.1) is 0 Å². The first-order chi connectivity index (χ1) is 10.7. The highest BCUT2D eigenvalue weighted by atomic mass is 16.5. The van der Waals surface area contributed by atoms with Crippen molar-refractivity contribution < 1.29 is 14.6 Å². The van der Waals surface area contributed by atoms with Crippen LogP contribution in [0.25, 0.3) is 0 Å². The summed E-state index contributed by atoms with van der Waals surface area (Å²) in [6, 6.07) is 7.75. The molecular weight excluding hydrogens is 280 g/mol. The standard InChI is InChI=1S/C17H26N2O3/c1-3-18(2)15-8-6-14(7-9-15)17(21)19-10-4-5-16(13-19)22-12-11-20/h6-9,16,20H,3-5,10-13H2,1-2H3/t16-/m1/s1. The van der Waals surface area contributed by atoms with E-state index in [4.69, 9.17) is 9.84 Å². The van der Waals surface area contributed by atoms with Crippen molar-refractivity contribution in [3.63, 3.8) is 0 Å². The molecule has 1 aliphatic rings. The van der Waals surface area contributed by atoms with Crippen LogP contribution in [0.3, 0.4) is 0 Å². The number of aliphatic hydroxyl groups is 1. The zero-order valence-corrected chi connectivity index (χ0v) is 13.5. The third kappa shape index (κ3) is 4.21. The highest BCUT2D eigenvalue weighted by Gasteiger charge is 2.24. The Balaban J connectivity index is 1.98. The molecule has 1 atom stereocenters. The van der Waals surface area contributed by atoms with Gasteiger partial charge in [0.1, 0.15) is 0 Å². The molecule has 1 amide bonds. The molecule has 5 nitrogen and oxygen atoms in total. The van der Waals surface area contributed by atoms with Crippen LogP contribution < -0.4 is 4.90 Å². The Labute approximate surface area is 132 Å². The average molecular weight is 306 g/mol. The van der Waals surface area contributed by atoms with Crippen LogP contribution in [0.2, 0.25) is 0 Å². The Hall–Kier alpha value is -1.59. The fourth-order valence-corrected chi connectivity index (χ4v) is 2.70. The first-order valence-corrected chi connectivity index (χ1v) is 7.98. The van der Waals surface area contributed by atoms with E-state index in [1.807, 2.05) is 36.2 Å². The van der Waals surface area contributed by atoms with E-state index in [1.165, 1.54) is 0 Å². The lowest BCUT2D eigenvalue weighted by molar-refractivity contribution is -0.0110. The molecule has 1 saturated heterocycles. The summed E-state index contributed by atoms with van der Waals surface area (Å²) in [6.45, 7) is 4.77. The van der Waals surface area contributed by atoms with E-state index < -0.39 is 0 Å². The SMILES string of the molecule is CCN(C)c1ccc(C(=O)N2CCC[C@@H](OCCO)C2)cc1. The summed E-state index contributed by atoms with van der Waals surface area (Å²) in [5.74, 6) is 0.0583. The van der Waals surface area contributed by atoms with Gasteiger partial charge in [-0.3, -0.25) is 4.79 Å². The average Bonchev–Trinajstić information content (AvgIpc) is 2.59. The lowest BCUT2D eigenvalue weighted by atomic mass is 10.1. The van der Waals surface area contributed by atoms with Crippen molar-refractivity contribution in [2.24, 2.45) is 0 Å². The van der Waals surface area contributed by atoms with Gasteiger partial charge in [0, 0.05) is 37.9 Å². The van der Waals surface area contributed by atoms with E-state index in [-0.39, 0.29) is 18.6 Å². The maximum absolute atomic E-state index is 12.6. The molecule has 1 fully saturated rings. The van der Waals surface area contributed by atoms with Crippen molar-refractivity contribution in [1.29, 1.82) is 0 Å². The first-order valence-electron chi connectivity index (χ1n) is 7.98. The highest BCUT2D eigenvalue weighted by Crippen LogP contribution is 2.18. The van der Waals surface area contributed by atoms with Crippen molar-refractivity contribution in [3.8, 4) is 0 Å². The Bertz CT molecular complexity index is 475. The lowest BCUT2D eigenvalue weighted by Gasteiger charge is -2.32. The summed E-state index contributed by atoms with van der Waals surface area (Å²) in [4.78, 5) is 16.6. The first kappa shape index (κ1) is 16.8. The molecular formula is C17H26N2O3. The van der Waals surface area contributed by atoms with Crippen molar-refractivity contribution in [3.05, 3.63) is 29.8 Å². The third-order valence-corrected chi connectivity index (χ3v) is 4.14. The van der Waals surface area contributed by atoms with Crippen LogP contribution in [0.15, 0.2) is 24.3 Å². The second-order valence-electron chi connectivity index (χ2n) is 5.67. The van der Waals surface area contributed by atoms with Crippen molar-refractivity contribution in [2.75, 3.05) is 44.8 Å². The summed E-state index contributed by atoms with van der Waals surface area (Å²) >= 11 is 0. The quantitative estimate of drug-likeness (QED) is 0.870. The summed E-state index contributed by atoms with van der Waals surface area (Å²) in [7, 11) is 2.03. The fraction of sp³-hybridized carbons (Fsp3) is 0.588. The van der Waals surface area contributed by atoms with Crippen molar-refractivity contribution in [2.45, 2.75) is 25.9 Å². The molecule has 5 heteroatoms. The van der Waals surface area contributed by atoms with Crippen LogP contribution in [0.5, 0.6) is 0 Å². The zero-order valence-electron chi connectivity index (χ0n) is 13.5. The number of aliphatic hydroxyl groups excluding tert-OH is 1. The maximum atomic E-state index is 12.6. The molecule has 1 aliphatic heterocycles. The van der Waals surface area contributed by atoms with Gasteiger partial charge in [-0.05, 0) is 44.0 Å². The Kier molecular flexibility index (Phi) is 6.21. The number of hydrogen-bond donors (Lipinski definition) is 1. The molecule has 1 aromatic rings. The molecule has 1 N–H and O–H groups in total. The smallest absolute Gasteiger partial charge is 0.253 e. The molecule has 0 bridgehead atoms. The number of anilines is 1.